The van der Waals surface area contributed by atoms with Crippen LogP contribution in [0.1, 0.15) is 21.3 Å². The number of carbonyl (C=O) groups excluding carboxylic acids is 2. The normalized spacial score (nSPS) is 18.6. The third kappa shape index (κ3) is 4.12. The Kier molecular flexibility index (Phi) is 5.48. The zero-order valence-electron chi connectivity index (χ0n) is 15.0. The fraction of sp³-hybridized carbons (Fsp3) is 0.143. The van der Waals surface area contributed by atoms with Crippen LogP contribution in [-0.4, -0.2) is 18.4 Å². The van der Waals surface area contributed by atoms with Crippen molar-refractivity contribution in [2.75, 3.05) is 17.2 Å². The molecule has 4 N–H and O–H groups in total. The average molecular weight is 392 g/mol. The summed E-state index contributed by atoms with van der Waals surface area (Å²) < 4.78 is 0. The van der Waals surface area contributed by atoms with E-state index in [0.29, 0.717) is 22.8 Å². The van der Waals surface area contributed by atoms with E-state index >= 15 is 0 Å². The Morgan fingerprint density at radius 3 is 2.46 bits per heavy atom. The summed E-state index contributed by atoms with van der Waals surface area (Å²) in [6.07, 6.45) is 0. The van der Waals surface area contributed by atoms with Crippen LogP contribution in [0.15, 0.2) is 72.1 Å². The maximum Gasteiger partial charge on any atom is 0.265 e. The van der Waals surface area contributed by atoms with Gasteiger partial charge >= 0.3 is 0 Å². The van der Waals surface area contributed by atoms with Crippen molar-refractivity contribution in [2.24, 2.45) is 5.92 Å². The molecule has 142 valence electrons. The van der Waals surface area contributed by atoms with Crippen LogP contribution in [0.2, 0.25) is 0 Å². The lowest BCUT2D eigenvalue weighted by molar-refractivity contribution is -0.119. The molecule has 1 aliphatic rings. The maximum absolute atomic E-state index is 12.8. The van der Waals surface area contributed by atoms with Crippen LogP contribution in [0.3, 0.4) is 0 Å². The van der Waals surface area contributed by atoms with Gasteiger partial charge in [-0.15, -0.1) is 11.3 Å². The quantitative estimate of drug-likeness (QED) is 0.536. The number of rotatable bonds is 5. The number of benzene rings is 2. The molecule has 6 nitrogen and oxygen atoms in total. The Hall–Kier alpha value is -3.00. The molecule has 1 saturated heterocycles. The second-order valence-corrected chi connectivity index (χ2v) is 7.47. The van der Waals surface area contributed by atoms with Crippen LogP contribution in [0.4, 0.5) is 11.4 Å². The summed E-state index contributed by atoms with van der Waals surface area (Å²) in [5, 5.41) is 7.68. The third-order valence-electron chi connectivity index (χ3n) is 4.61. The van der Waals surface area contributed by atoms with E-state index in [4.69, 9.17) is 0 Å². The molecule has 2 aromatic carbocycles. The number of hydrazine groups is 1. The molecule has 0 aliphatic carbocycles. The van der Waals surface area contributed by atoms with Gasteiger partial charge in [-0.05, 0) is 35.2 Å². The molecule has 28 heavy (non-hydrogen) atoms. The Morgan fingerprint density at radius 1 is 0.929 bits per heavy atom. The van der Waals surface area contributed by atoms with Crippen LogP contribution in [0.5, 0.6) is 0 Å². The minimum Gasteiger partial charge on any atom is -0.326 e. The Balaban J connectivity index is 1.44. The van der Waals surface area contributed by atoms with Gasteiger partial charge < -0.3 is 10.6 Å². The number of nitrogens with one attached hydrogen (secondary N) is 4. The highest BCUT2D eigenvalue weighted by Gasteiger charge is 2.33. The minimum atomic E-state index is -0.244. The highest BCUT2D eigenvalue weighted by atomic mass is 32.1. The lowest BCUT2D eigenvalue weighted by atomic mass is 9.94. The van der Waals surface area contributed by atoms with Crippen molar-refractivity contribution in [3.05, 3.63) is 82.6 Å². The van der Waals surface area contributed by atoms with Gasteiger partial charge in [0, 0.05) is 17.9 Å². The summed E-state index contributed by atoms with van der Waals surface area (Å²) in [7, 11) is 0. The molecule has 1 fully saturated rings. The van der Waals surface area contributed by atoms with E-state index in [0.717, 1.165) is 5.56 Å². The van der Waals surface area contributed by atoms with E-state index in [1.54, 1.807) is 24.3 Å². The van der Waals surface area contributed by atoms with Gasteiger partial charge in [0.2, 0.25) is 5.91 Å². The summed E-state index contributed by atoms with van der Waals surface area (Å²) >= 11 is 1.38. The van der Waals surface area contributed by atoms with Crippen molar-refractivity contribution in [3.8, 4) is 0 Å². The van der Waals surface area contributed by atoms with Gasteiger partial charge in [0.05, 0.1) is 16.8 Å². The van der Waals surface area contributed by atoms with E-state index in [1.165, 1.54) is 11.3 Å². The number of hydrogen-bond acceptors (Lipinski definition) is 5. The molecule has 0 spiro atoms. The van der Waals surface area contributed by atoms with E-state index in [9.17, 15) is 9.59 Å². The maximum atomic E-state index is 12.8. The van der Waals surface area contributed by atoms with Crippen LogP contribution in [-0.2, 0) is 4.79 Å². The van der Waals surface area contributed by atoms with Crippen molar-refractivity contribution in [1.29, 1.82) is 0 Å². The molecule has 2 heterocycles. The number of anilines is 2. The van der Waals surface area contributed by atoms with Gasteiger partial charge in [0.1, 0.15) is 0 Å². The second kappa shape index (κ2) is 8.35. The van der Waals surface area contributed by atoms with Crippen molar-refractivity contribution < 1.29 is 9.59 Å². The Labute approximate surface area is 166 Å². The molecule has 0 radical (unpaired) electrons. The van der Waals surface area contributed by atoms with Gasteiger partial charge in [-0.25, -0.2) is 5.43 Å². The van der Waals surface area contributed by atoms with Crippen molar-refractivity contribution >= 4 is 34.5 Å². The van der Waals surface area contributed by atoms with Crippen LogP contribution >= 0.6 is 11.3 Å². The smallest absolute Gasteiger partial charge is 0.265 e. The first-order chi connectivity index (χ1) is 13.7. The lowest BCUT2D eigenvalue weighted by Crippen LogP contribution is -2.29. The molecule has 4 rings (SSSR count). The van der Waals surface area contributed by atoms with Crippen molar-refractivity contribution in [1.82, 2.24) is 10.9 Å². The largest absolute Gasteiger partial charge is 0.326 e. The van der Waals surface area contributed by atoms with E-state index in [-0.39, 0.29) is 23.8 Å². The molecule has 0 saturated carbocycles. The van der Waals surface area contributed by atoms with Crippen LogP contribution in [0, 0.1) is 5.92 Å². The van der Waals surface area contributed by atoms with Crippen LogP contribution in [0.25, 0.3) is 0 Å². The number of thiophene rings is 1. The average Bonchev–Trinajstić information content (AvgIpc) is 3.41. The zero-order chi connectivity index (χ0) is 19.3. The summed E-state index contributed by atoms with van der Waals surface area (Å²) in [5.41, 5.74) is 8.59. The molecule has 1 aromatic heterocycles. The molecule has 1 aliphatic heterocycles. The molecule has 3 aromatic rings. The minimum absolute atomic E-state index is 0.0758. The van der Waals surface area contributed by atoms with E-state index in [2.05, 4.69) is 21.5 Å². The van der Waals surface area contributed by atoms with Crippen molar-refractivity contribution in [2.45, 2.75) is 6.04 Å². The highest BCUT2D eigenvalue weighted by molar-refractivity contribution is 7.12. The topological polar surface area (TPSA) is 82.3 Å². The molecule has 7 heteroatoms. The number of hydrogen-bond donors (Lipinski definition) is 4. The van der Waals surface area contributed by atoms with E-state index in [1.807, 2.05) is 47.8 Å². The fourth-order valence-electron chi connectivity index (χ4n) is 3.23. The predicted octanol–water partition coefficient (Wildman–Crippen LogP) is 3.40. The van der Waals surface area contributed by atoms with Gasteiger partial charge in [0.25, 0.3) is 5.91 Å². The standard InChI is InChI=1S/C21H20N4O2S/c26-20(17-13-22-25-19(17)14-6-2-1-3-7-14)23-15-8-4-9-16(12-15)24-21(27)18-10-5-11-28-18/h1-12,17,19,22,25H,13H2,(H,23,26)(H,24,27). The van der Waals surface area contributed by atoms with Gasteiger partial charge in [0.15, 0.2) is 0 Å². The van der Waals surface area contributed by atoms with E-state index < -0.39 is 0 Å². The summed E-state index contributed by atoms with van der Waals surface area (Å²) in [6, 6.07) is 20.6. The Bertz CT molecular complexity index is 960. The SMILES string of the molecule is O=C(Nc1cccc(NC(=O)C2CNNC2c2ccccc2)c1)c1cccs1. The second-order valence-electron chi connectivity index (χ2n) is 6.52. The first-order valence-corrected chi connectivity index (χ1v) is 9.88. The first kappa shape index (κ1) is 18.4. The molecule has 2 atom stereocenters. The molecule has 2 amide bonds. The molecule has 0 bridgehead atoms. The fourth-order valence-corrected chi connectivity index (χ4v) is 3.85. The number of amides is 2. The zero-order valence-corrected chi connectivity index (χ0v) is 15.8. The lowest BCUT2D eigenvalue weighted by Gasteiger charge is -2.18. The number of carbonyl (C=O) groups is 2. The summed E-state index contributed by atoms with van der Waals surface area (Å²) in [5.74, 6) is -0.480. The Morgan fingerprint density at radius 2 is 1.71 bits per heavy atom. The van der Waals surface area contributed by atoms with Crippen LogP contribution < -0.4 is 21.5 Å². The van der Waals surface area contributed by atoms with Crippen molar-refractivity contribution in [3.63, 3.8) is 0 Å². The van der Waals surface area contributed by atoms with Gasteiger partial charge in [-0.2, -0.15) is 0 Å². The third-order valence-corrected chi connectivity index (χ3v) is 5.48. The first-order valence-electron chi connectivity index (χ1n) is 9.00. The van der Waals surface area contributed by atoms with Gasteiger partial charge in [-0.1, -0.05) is 42.5 Å². The predicted molar refractivity (Wildman–Crippen MR) is 111 cm³/mol. The van der Waals surface area contributed by atoms with Gasteiger partial charge in [-0.3, -0.25) is 15.0 Å². The summed E-state index contributed by atoms with van der Waals surface area (Å²) in [4.78, 5) is 25.7. The molecular weight excluding hydrogens is 372 g/mol. The highest BCUT2D eigenvalue weighted by Crippen LogP contribution is 2.26. The summed E-state index contributed by atoms with van der Waals surface area (Å²) in [6.45, 7) is 0.542. The monoisotopic (exact) mass is 392 g/mol. The molecule has 2 unspecified atom stereocenters. The molecular formula is C21H20N4O2S.